The lowest BCUT2D eigenvalue weighted by atomic mass is 10.3. The van der Waals surface area contributed by atoms with E-state index >= 15 is 0 Å². The van der Waals surface area contributed by atoms with E-state index in [1.807, 2.05) is 54.3 Å². The van der Waals surface area contributed by atoms with E-state index in [0.29, 0.717) is 13.1 Å². The first kappa shape index (κ1) is 15.8. The highest BCUT2D eigenvalue weighted by atomic mass is 79.9. The molecule has 6 heteroatoms. The van der Waals surface area contributed by atoms with Crippen LogP contribution in [0.15, 0.2) is 46.9 Å². The van der Waals surface area contributed by atoms with Gasteiger partial charge in [0.05, 0.1) is 5.69 Å². The smallest absolute Gasteiger partial charge is 0.321 e. The van der Waals surface area contributed by atoms with Gasteiger partial charge in [-0.25, -0.2) is 9.78 Å². The third-order valence-electron chi connectivity index (χ3n) is 3.88. The summed E-state index contributed by atoms with van der Waals surface area (Å²) in [5.41, 5.74) is 1.80. The summed E-state index contributed by atoms with van der Waals surface area (Å²) in [5, 5.41) is 2.95. The molecule has 2 amide bonds. The molecule has 3 rings (SSSR count). The minimum absolute atomic E-state index is 0.0613. The number of hydrogen-bond donors (Lipinski definition) is 1. The van der Waals surface area contributed by atoms with Gasteiger partial charge in [0, 0.05) is 36.3 Å². The molecule has 0 bridgehead atoms. The van der Waals surface area contributed by atoms with E-state index < -0.39 is 0 Å². The van der Waals surface area contributed by atoms with E-state index in [1.165, 1.54) is 0 Å². The summed E-state index contributed by atoms with van der Waals surface area (Å²) < 4.78 is 0.885. The summed E-state index contributed by atoms with van der Waals surface area (Å²) in [7, 11) is 0. The van der Waals surface area contributed by atoms with Crippen molar-refractivity contribution in [1.29, 1.82) is 0 Å². The fraction of sp³-hybridized carbons (Fsp3) is 0.294. The number of aromatic nitrogens is 1. The third kappa shape index (κ3) is 3.82. The van der Waals surface area contributed by atoms with Crippen LogP contribution in [-0.2, 0) is 0 Å². The molecule has 0 atom stereocenters. The van der Waals surface area contributed by atoms with Crippen LogP contribution in [0.5, 0.6) is 0 Å². The highest BCUT2D eigenvalue weighted by Crippen LogP contribution is 2.22. The number of halogens is 1. The van der Waals surface area contributed by atoms with Gasteiger partial charge in [-0.15, -0.1) is 0 Å². The van der Waals surface area contributed by atoms with Crippen LogP contribution in [0.25, 0.3) is 0 Å². The number of aryl methyl sites for hydroxylation is 1. The minimum Gasteiger partial charge on any atom is -0.353 e. The number of rotatable bonds is 2. The highest BCUT2D eigenvalue weighted by Gasteiger charge is 2.22. The van der Waals surface area contributed by atoms with Gasteiger partial charge in [-0.2, -0.15) is 0 Å². The lowest BCUT2D eigenvalue weighted by Gasteiger charge is -2.35. The number of anilines is 2. The number of para-hydroxylation sites is 1. The number of nitrogens with zero attached hydrogens (tertiary/aromatic N) is 3. The van der Waals surface area contributed by atoms with Crippen LogP contribution < -0.4 is 10.2 Å². The summed E-state index contributed by atoms with van der Waals surface area (Å²) in [6, 6.07) is 13.6. The average molecular weight is 375 g/mol. The Kier molecular flexibility index (Phi) is 4.81. The summed E-state index contributed by atoms with van der Waals surface area (Å²) >= 11 is 3.45. The van der Waals surface area contributed by atoms with Crippen molar-refractivity contribution in [2.24, 2.45) is 0 Å². The molecule has 1 aliphatic rings. The Balaban J connectivity index is 1.58. The maximum absolute atomic E-state index is 12.4. The van der Waals surface area contributed by atoms with Crippen molar-refractivity contribution in [3.05, 3.63) is 52.6 Å². The molecule has 1 saturated heterocycles. The van der Waals surface area contributed by atoms with Gasteiger partial charge < -0.3 is 15.1 Å². The highest BCUT2D eigenvalue weighted by molar-refractivity contribution is 9.10. The zero-order chi connectivity index (χ0) is 16.2. The van der Waals surface area contributed by atoms with Crippen LogP contribution in [0.2, 0.25) is 0 Å². The summed E-state index contributed by atoms with van der Waals surface area (Å²) in [5.74, 6) is 0.982. The number of pyridine rings is 1. The quantitative estimate of drug-likeness (QED) is 0.874. The maximum Gasteiger partial charge on any atom is 0.321 e. The average Bonchev–Trinajstić information content (AvgIpc) is 2.57. The van der Waals surface area contributed by atoms with E-state index in [-0.39, 0.29) is 6.03 Å². The molecule has 1 aromatic heterocycles. The molecule has 0 unspecified atom stereocenters. The summed E-state index contributed by atoms with van der Waals surface area (Å²) in [6.45, 7) is 4.95. The van der Waals surface area contributed by atoms with Crippen LogP contribution in [-0.4, -0.2) is 42.1 Å². The molecule has 120 valence electrons. The molecule has 1 aromatic carbocycles. The summed E-state index contributed by atoms with van der Waals surface area (Å²) in [4.78, 5) is 21.0. The van der Waals surface area contributed by atoms with Crippen LogP contribution in [0.3, 0.4) is 0 Å². The first-order valence-electron chi connectivity index (χ1n) is 7.62. The first-order valence-corrected chi connectivity index (χ1v) is 8.42. The van der Waals surface area contributed by atoms with E-state index in [9.17, 15) is 4.79 Å². The van der Waals surface area contributed by atoms with Crippen molar-refractivity contribution in [2.45, 2.75) is 6.92 Å². The van der Waals surface area contributed by atoms with Crippen LogP contribution in [0.4, 0.5) is 16.3 Å². The predicted molar refractivity (Wildman–Crippen MR) is 95.9 cm³/mol. The van der Waals surface area contributed by atoms with Gasteiger partial charge in [-0.3, -0.25) is 0 Å². The Hall–Kier alpha value is -2.08. The molecule has 1 fully saturated rings. The third-order valence-corrected chi connectivity index (χ3v) is 4.57. The lowest BCUT2D eigenvalue weighted by Crippen LogP contribution is -2.50. The van der Waals surface area contributed by atoms with Gasteiger partial charge in [-0.05, 0) is 47.1 Å². The van der Waals surface area contributed by atoms with Gasteiger partial charge in [0.25, 0.3) is 0 Å². The number of carbonyl (C=O) groups excluding carboxylic acids is 1. The topological polar surface area (TPSA) is 48.5 Å². The number of hydrogen-bond acceptors (Lipinski definition) is 3. The van der Waals surface area contributed by atoms with E-state index in [0.717, 1.165) is 34.8 Å². The Morgan fingerprint density at radius 2 is 1.83 bits per heavy atom. The Labute approximate surface area is 144 Å². The molecule has 0 saturated carbocycles. The van der Waals surface area contributed by atoms with Gasteiger partial charge in [-0.1, -0.05) is 18.2 Å². The number of nitrogens with one attached hydrogen (secondary N) is 1. The standard InChI is InChI=1S/C17H19BrN4O/c1-13-5-4-8-16(19-13)21-9-11-22(12-10-21)17(23)20-15-7-3-2-6-14(15)18/h2-8H,9-12H2,1H3,(H,20,23). The zero-order valence-electron chi connectivity index (χ0n) is 13.0. The van der Waals surface area contributed by atoms with E-state index in [2.05, 4.69) is 31.1 Å². The van der Waals surface area contributed by atoms with Crippen LogP contribution in [0.1, 0.15) is 5.69 Å². The molecule has 5 nitrogen and oxygen atoms in total. The van der Waals surface area contributed by atoms with Crippen molar-refractivity contribution in [2.75, 3.05) is 36.4 Å². The number of piperazine rings is 1. The van der Waals surface area contributed by atoms with E-state index in [4.69, 9.17) is 0 Å². The Bertz CT molecular complexity index is 698. The molecule has 0 spiro atoms. The van der Waals surface area contributed by atoms with Gasteiger partial charge in [0.2, 0.25) is 0 Å². The van der Waals surface area contributed by atoms with Crippen LogP contribution in [0, 0.1) is 6.92 Å². The van der Waals surface area contributed by atoms with Crippen LogP contribution >= 0.6 is 15.9 Å². The van der Waals surface area contributed by atoms with Crippen molar-refractivity contribution in [3.63, 3.8) is 0 Å². The number of benzene rings is 1. The zero-order valence-corrected chi connectivity index (χ0v) is 14.6. The second-order valence-corrected chi connectivity index (χ2v) is 6.38. The molecule has 1 N–H and O–H groups in total. The minimum atomic E-state index is -0.0613. The van der Waals surface area contributed by atoms with Gasteiger partial charge >= 0.3 is 6.03 Å². The van der Waals surface area contributed by atoms with Crippen molar-refractivity contribution in [3.8, 4) is 0 Å². The second-order valence-electron chi connectivity index (χ2n) is 5.52. The number of urea groups is 1. The molecular formula is C17H19BrN4O. The lowest BCUT2D eigenvalue weighted by molar-refractivity contribution is 0.208. The second kappa shape index (κ2) is 7.00. The largest absolute Gasteiger partial charge is 0.353 e. The molecule has 0 radical (unpaired) electrons. The SMILES string of the molecule is Cc1cccc(N2CCN(C(=O)Nc3ccccc3Br)CC2)n1. The van der Waals surface area contributed by atoms with Crippen molar-refractivity contribution < 1.29 is 4.79 Å². The molecular weight excluding hydrogens is 356 g/mol. The molecule has 23 heavy (non-hydrogen) atoms. The molecule has 0 aliphatic carbocycles. The Morgan fingerprint density at radius 1 is 1.09 bits per heavy atom. The fourth-order valence-corrected chi connectivity index (χ4v) is 2.98. The first-order chi connectivity index (χ1) is 11.1. The number of carbonyl (C=O) groups is 1. The van der Waals surface area contributed by atoms with Crippen molar-refractivity contribution >= 4 is 33.5 Å². The molecule has 2 heterocycles. The normalized spacial score (nSPS) is 14.7. The fourth-order valence-electron chi connectivity index (χ4n) is 2.60. The number of amides is 2. The Morgan fingerprint density at radius 3 is 2.52 bits per heavy atom. The van der Waals surface area contributed by atoms with Crippen molar-refractivity contribution in [1.82, 2.24) is 9.88 Å². The summed E-state index contributed by atoms with van der Waals surface area (Å²) in [6.07, 6.45) is 0. The maximum atomic E-state index is 12.4. The van der Waals surface area contributed by atoms with E-state index in [1.54, 1.807) is 0 Å². The predicted octanol–water partition coefficient (Wildman–Crippen LogP) is 3.51. The van der Waals surface area contributed by atoms with Gasteiger partial charge in [0.15, 0.2) is 0 Å². The molecule has 1 aliphatic heterocycles. The molecule has 2 aromatic rings. The van der Waals surface area contributed by atoms with Gasteiger partial charge in [0.1, 0.15) is 5.82 Å². The monoisotopic (exact) mass is 374 g/mol.